The Morgan fingerprint density at radius 2 is 2.00 bits per heavy atom. The lowest BCUT2D eigenvalue weighted by Crippen LogP contribution is -2.21. The van der Waals surface area contributed by atoms with Gasteiger partial charge in [0.1, 0.15) is 11.1 Å². The minimum Gasteiger partial charge on any atom is -0.438 e. The molecule has 116 valence electrons. The second-order valence-electron chi connectivity index (χ2n) is 5.08. The summed E-state index contributed by atoms with van der Waals surface area (Å²) in [6.45, 7) is 1.87. The molecule has 6 heteroatoms. The molecule has 0 bridgehead atoms. The normalized spacial score (nSPS) is 10.7. The second kappa shape index (κ2) is 6.18. The summed E-state index contributed by atoms with van der Waals surface area (Å²) in [4.78, 5) is 12.5. The lowest BCUT2D eigenvalue weighted by atomic mass is 10.1. The van der Waals surface area contributed by atoms with Crippen LogP contribution in [0.1, 0.15) is 15.9 Å². The van der Waals surface area contributed by atoms with Crippen molar-refractivity contribution in [1.82, 2.24) is 0 Å². The summed E-state index contributed by atoms with van der Waals surface area (Å²) in [6.07, 6.45) is 0. The maximum atomic E-state index is 12.5. The standard InChI is InChI=1S/C17H12BrClN2O2/c1-9-2-4-12(19)8-14(9)21-17(22)13-7-10-6-11(18)3-5-15(10)23-16(13)20/h2-8,20H,1H3,(H,21,22). The minimum atomic E-state index is -0.411. The van der Waals surface area contributed by atoms with Gasteiger partial charge >= 0.3 is 0 Å². The molecular weight excluding hydrogens is 380 g/mol. The van der Waals surface area contributed by atoms with Gasteiger partial charge in [0.2, 0.25) is 5.55 Å². The summed E-state index contributed by atoms with van der Waals surface area (Å²) in [6, 6.07) is 12.3. The smallest absolute Gasteiger partial charge is 0.261 e. The van der Waals surface area contributed by atoms with Gasteiger partial charge in [-0.25, -0.2) is 0 Å². The fourth-order valence-corrected chi connectivity index (χ4v) is 2.75. The predicted molar refractivity (Wildman–Crippen MR) is 93.9 cm³/mol. The molecule has 0 fully saturated rings. The first kappa shape index (κ1) is 15.8. The fourth-order valence-electron chi connectivity index (χ4n) is 2.20. The topological polar surface area (TPSA) is 66.1 Å². The third-order valence-corrected chi connectivity index (χ3v) is 4.15. The minimum absolute atomic E-state index is 0.162. The van der Waals surface area contributed by atoms with Crippen LogP contribution in [0, 0.1) is 12.3 Å². The van der Waals surface area contributed by atoms with E-state index in [9.17, 15) is 4.79 Å². The van der Waals surface area contributed by atoms with Gasteiger partial charge in [0.15, 0.2) is 0 Å². The van der Waals surface area contributed by atoms with Gasteiger partial charge in [-0.05, 0) is 48.9 Å². The highest BCUT2D eigenvalue weighted by atomic mass is 79.9. The summed E-state index contributed by atoms with van der Waals surface area (Å²) in [5.41, 5.74) is 2.02. The van der Waals surface area contributed by atoms with Crippen molar-refractivity contribution in [1.29, 1.82) is 5.41 Å². The Morgan fingerprint density at radius 1 is 1.22 bits per heavy atom. The van der Waals surface area contributed by atoms with E-state index in [1.807, 2.05) is 25.1 Å². The maximum Gasteiger partial charge on any atom is 0.261 e. The molecule has 0 spiro atoms. The SMILES string of the molecule is Cc1ccc(Cl)cc1NC(=O)c1cc2cc(Br)ccc2oc1=N. The summed E-state index contributed by atoms with van der Waals surface area (Å²) >= 11 is 9.34. The van der Waals surface area contributed by atoms with Crippen LogP contribution < -0.4 is 10.9 Å². The van der Waals surface area contributed by atoms with Crippen molar-refractivity contribution in [3.63, 3.8) is 0 Å². The van der Waals surface area contributed by atoms with Gasteiger partial charge in [-0.3, -0.25) is 10.2 Å². The third-order valence-electron chi connectivity index (χ3n) is 3.42. The molecule has 3 rings (SSSR count). The van der Waals surface area contributed by atoms with Crippen molar-refractivity contribution < 1.29 is 9.21 Å². The Bertz CT molecular complexity index is 982. The summed E-state index contributed by atoms with van der Waals surface area (Å²) in [7, 11) is 0. The van der Waals surface area contributed by atoms with Gasteiger partial charge in [-0.15, -0.1) is 0 Å². The number of aryl methyl sites for hydroxylation is 1. The highest BCUT2D eigenvalue weighted by Gasteiger charge is 2.13. The Balaban J connectivity index is 2.02. The number of hydrogen-bond donors (Lipinski definition) is 2. The van der Waals surface area contributed by atoms with Crippen molar-refractivity contribution in [2.75, 3.05) is 5.32 Å². The van der Waals surface area contributed by atoms with E-state index in [-0.39, 0.29) is 11.1 Å². The molecule has 23 heavy (non-hydrogen) atoms. The molecule has 0 aliphatic carbocycles. The van der Waals surface area contributed by atoms with E-state index < -0.39 is 5.91 Å². The number of anilines is 1. The van der Waals surface area contributed by atoms with Crippen LogP contribution in [0.3, 0.4) is 0 Å². The first-order valence-electron chi connectivity index (χ1n) is 6.79. The zero-order valence-corrected chi connectivity index (χ0v) is 14.5. The average molecular weight is 392 g/mol. The lowest BCUT2D eigenvalue weighted by Gasteiger charge is -2.09. The number of halogens is 2. The number of carbonyl (C=O) groups is 1. The van der Waals surface area contributed by atoms with Crippen LogP contribution in [0.2, 0.25) is 5.02 Å². The molecule has 0 saturated heterocycles. The van der Waals surface area contributed by atoms with E-state index in [4.69, 9.17) is 21.4 Å². The van der Waals surface area contributed by atoms with Gasteiger partial charge in [-0.2, -0.15) is 0 Å². The molecule has 3 aromatic rings. The van der Waals surface area contributed by atoms with Gasteiger partial charge in [0, 0.05) is 20.6 Å². The first-order chi connectivity index (χ1) is 10.9. The Labute approximate surface area is 145 Å². The highest BCUT2D eigenvalue weighted by Crippen LogP contribution is 2.22. The quantitative estimate of drug-likeness (QED) is 0.653. The Kier molecular flexibility index (Phi) is 4.24. The number of amides is 1. The summed E-state index contributed by atoms with van der Waals surface area (Å²) in [5.74, 6) is -0.411. The van der Waals surface area contributed by atoms with Crippen molar-refractivity contribution in [3.8, 4) is 0 Å². The van der Waals surface area contributed by atoms with E-state index >= 15 is 0 Å². The fraction of sp³-hybridized carbons (Fsp3) is 0.0588. The molecule has 1 amide bonds. The summed E-state index contributed by atoms with van der Waals surface area (Å²) in [5, 5.41) is 12.0. The first-order valence-corrected chi connectivity index (χ1v) is 7.96. The monoisotopic (exact) mass is 390 g/mol. The molecule has 0 saturated carbocycles. The van der Waals surface area contributed by atoms with Gasteiger partial charge in [-0.1, -0.05) is 33.6 Å². The molecule has 2 aromatic carbocycles. The average Bonchev–Trinajstić information content (AvgIpc) is 2.50. The van der Waals surface area contributed by atoms with E-state index in [2.05, 4.69) is 21.2 Å². The van der Waals surface area contributed by atoms with Crippen LogP contribution in [-0.4, -0.2) is 5.91 Å². The molecule has 2 N–H and O–H groups in total. The molecule has 1 heterocycles. The van der Waals surface area contributed by atoms with Gasteiger partial charge in [0.05, 0.1) is 0 Å². The second-order valence-corrected chi connectivity index (χ2v) is 6.44. The van der Waals surface area contributed by atoms with Crippen molar-refractivity contribution in [2.45, 2.75) is 6.92 Å². The van der Waals surface area contributed by atoms with Crippen LogP contribution in [0.15, 0.2) is 51.4 Å². The van der Waals surface area contributed by atoms with Crippen LogP contribution in [0.25, 0.3) is 11.0 Å². The highest BCUT2D eigenvalue weighted by molar-refractivity contribution is 9.10. The van der Waals surface area contributed by atoms with Crippen molar-refractivity contribution in [3.05, 3.63) is 68.6 Å². The van der Waals surface area contributed by atoms with Crippen LogP contribution in [0.5, 0.6) is 0 Å². The molecule has 4 nitrogen and oxygen atoms in total. The number of rotatable bonds is 2. The van der Waals surface area contributed by atoms with E-state index in [0.29, 0.717) is 16.3 Å². The number of hydrogen-bond acceptors (Lipinski definition) is 3. The molecule has 0 unspecified atom stereocenters. The number of fused-ring (bicyclic) bond motifs is 1. The third kappa shape index (κ3) is 3.30. The number of benzene rings is 2. The largest absolute Gasteiger partial charge is 0.438 e. The zero-order valence-electron chi connectivity index (χ0n) is 12.1. The molecule has 1 aromatic heterocycles. The number of carbonyl (C=O) groups excluding carboxylic acids is 1. The Morgan fingerprint density at radius 3 is 2.78 bits per heavy atom. The molecule has 0 aliphatic heterocycles. The van der Waals surface area contributed by atoms with E-state index in [1.165, 1.54) is 0 Å². The van der Waals surface area contributed by atoms with Gasteiger partial charge < -0.3 is 9.73 Å². The van der Waals surface area contributed by atoms with Crippen molar-refractivity contribution >= 4 is 50.1 Å². The van der Waals surface area contributed by atoms with Crippen LogP contribution in [0.4, 0.5) is 5.69 Å². The predicted octanol–water partition coefficient (Wildman–Crippen LogP) is 4.89. The maximum absolute atomic E-state index is 12.5. The summed E-state index contributed by atoms with van der Waals surface area (Å²) < 4.78 is 6.29. The Hall–Kier alpha value is -2.11. The number of nitrogens with one attached hydrogen (secondary N) is 2. The lowest BCUT2D eigenvalue weighted by molar-refractivity contribution is 0.102. The molecule has 0 atom stereocenters. The van der Waals surface area contributed by atoms with Gasteiger partial charge in [0.25, 0.3) is 5.91 Å². The van der Waals surface area contributed by atoms with Crippen LogP contribution >= 0.6 is 27.5 Å². The van der Waals surface area contributed by atoms with Crippen molar-refractivity contribution in [2.24, 2.45) is 0 Å². The molecule has 0 aliphatic rings. The van der Waals surface area contributed by atoms with E-state index in [0.717, 1.165) is 15.4 Å². The molecule has 0 radical (unpaired) electrons. The van der Waals surface area contributed by atoms with Crippen LogP contribution in [-0.2, 0) is 0 Å². The molecular formula is C17H12BrClN2O2. The zero-order chi connectivity index (χ0) is 16.6. The van der Waals surface area contributed by atoms with E-state index in [1.54, 1.807) is 24.3 Å².